The van der Waals surface area contributed by atoms with Gasteiger partial charge in [0.15, 0.2) is 11.6 Å². The number of halogens is 1. The fourth-order valence-corrected chi connectivity index (χ4v) is 4.22. The van der Waals surface area contributed by atoms with Crippen molar-refractivity contribution in [3.05, 3.63) is 101 Å². The Morgan fingerprint density at radius 2 is 1.82 bits per heavy atom. The van der Waals surface area contributed by atoms with E-state index < -0.39 is 23.7 Å². The van der Waals surface area contributed by atoms with Gasteiger partial charge in [0, 0.05) is 19.3 Å². The third-order valence-corrected chi connectivity index (χ3v) is 6.08. The van der Waals surface area contributed by atoms with E-state index in [1.165, 1.54) is 12.1 Å². The zero-order valence-electron chi connectivity index (χ0n) is 20.8. The van der Waals surface area contributed by atoms with E-state index in [0.29, 0.717) is 5.56 Å². The second-order valence-corrected chi connectivity index (χ2v) is 8.18. The number of esters is 2. The molecular formula is C27H24FN5O5. The lowest BCUT2D eigenvalue weighted by molar-refractivity contribution is -0.139. The molecule has 0 bridgehead atoms. The molecule has 1 atom stereocenters. The van der Waals surface area contributed by atoms with Gasteiger partial charge in [0.2, 0.25) is 0 Å². The summed E-state index contributed by atoms with van der Waals surface area (Å²) in [5.41, 5.74) is 7.25. The van der Waals surface area contributed by atoms with Gasteiger partial charge in [-0.3, -0.25) is 9.58 Å². The topological polar surface area (TPSA) is 133 Å². The van der Waals surface area contributed by atoms with Crippen molar-refractivity contribution < 1.29 is 28.2 Å². The van der Waals surface area contributed by atoms with Crippen molar-refractivity contribution >= 4 is 17.6 Å². The van der Waals surface area contributed by atoms with E-state index in [2.05, 4.69) is 5.10 Å². The Morgan fingerprint density at radius 3 is 2.39 bits per heavy atom. The standard InChI is InChI=1S/C27H24FN5O5/c1-32-18(11-12-31-32)15-38-21-10-9-17(13-20(21)28)33-24(27(35)37-3)23(26(34)36-2)22(19(14-29)25(33)30)16-7-5-4-6-8-16/h4-13,22H,15,30H2,1-3H3. The summed E-state index contributed by atoms with van der Waals surface area (Å²) < 4.78 is 32.4. The highest BCUT2D eigenvalue weighted by molar-refractivity contribution is 6.06. The van der Waals surface area contributed by atoms with E-state index in [9.17, 15) is 14.9 Å². The number of allylic oxidation sites excluding steroid dienone is 1. The highest BCUT2D eigenvalue weighted by atomic mass is 19.1. The van der Waals surface area contributed by atoms with Crippen LogP contribution in [0.15, 0.2) is 83.5 Å². The van der Waals surface area contributed by atoms with Gasteiger partial charge in [-0.2, -0.15) is 10.4 Å². The van der Waals surface area contributed by atoms with E-state index in [1.54, 1.807) is 54.3 Å². The van der Waals surface area contributed by atoms with Gasteiger partial charge in [0.05, 0.1) is 48.7 Å². The smallest absolute Gasteiger partial charge is 0.355 e. The minimum absolute atomic E-state index is 0.0267. The molecule has 2 aromatic carbocycles. The molecule has 2 N–H and O–H groups in total. The number of carbonyl (C=O) groups is 2. The molecule has 10 nitrogen and oxygen atoms in total. The van der Waals surface area contributed by atoms with Gasteiger partial charge in [-0.05, 0) is 23.8 Å². The van der Waals surface area contributed by atoms with Crippen LogP contribution < -0.4 is 15.4 Å². The predicted octanol–water partition coefficient (Wildman–Crippen LogP) is 3.04. The molecule has 0 saturated carbocycles. The molecule has 194 valence electrons. The first-order valence-corrected chi connectivity index (χ1v) is 11.4. The van der Waals surface area contributed by atoms with E-state index in [-0.39, 0.29) is 40.7 Å². The Labute approximate surface area is 217 Å². The molecule has 38 heavy (non-hydrogen) atoms. The van der Waals surface area contributed by atoms with Crippen LogP contribution in [0.3, 0.4) is 0 Å². The van der Waals surface area contributed by atoms with Crippen LogP contribution in [-0.2, 0) is 32.7 Å². The molecular weight excluding hydrogens is 493 g/mol. The van der Waals surface area contributed by atoms with Crippen molar-refractivity contribution in [3.8, 4) is 11.8 Å². The summed E-state index contributed by atoms with van der Waals surface area (Å²) >= 11 is 0. The van der Waals surface area contributed by atoms with Crippen LogP contribution in [-0.4, -0.2) is 35.9 Å². The number of benzene rings is 2. The Balaban J connectivity index is 1.86. The minimum Gasteiger partial charge on any atom is -0.484 e. The zero-order valence-corrected chi connectivity index (χ0v) is 20.8. The lowest BCUT2D eigenvalue weighted by atomic mass is 9.81. The molecule has 0 amide bonds. The van der Waals surface area contributed by atoms with Gasteiger partial charge in [-0.25, -0.2) is 14.0 Å². The largest absolute Gasteiger partial charge is 0.484 e. The van der Waals surface area contributed by atoms with Crippen molar-refractivity contribution in [3.63, 3.8) is 0 Å². The number of nitrogens with zero attached hydrogens (tertiary/aromatic N) is 4. The Kier molecular flexibility index (Phi) is 7.43. The summed E-state index contributed by atoms with van der Waals surface area (Å²) in [6.07, 6.45) is 1.60. The summed E-state index contributed by atoms with van der Waals surface area (Å²) in [6.45, 7) is 0.0651. The third kappa shape index (κ3) is 4.67. The van der Waals surface area contributed by atoms with Gasteiger partial charge < -0.3 is 19.9 Å². The number of ether oxygens (including phenoxy) is 3. The first-order chi connectivity index (χ1) is 18.3. The maximum absolute atomic E-state index is 15.2. The molecule has 11 heteroatoms. The number of carbonyl (C=O) groups excluding carboxylic acids is 2. The fraction of sp³-hybridized carbons (Fsp3) is 0.185. The number of hydrogen-bond acceptors (Lipinski definition) is 9. The van der Waals surface area contributed by atoms with E-state index in [0.717, 1.165) is 30.9 Å². The van der Waals surface area contributed by atoms with Gasteiger partial charge in [-0.1, -0.05) is 30.3 Å². The van der Waals surface area contributed by atoms with Crippen LogP contribution in [0.25, 0.3) is 0 Å². The maximum atomic E-state index is 15.2. The predicted molar refractivity (Wildman–Crippen MR) is 133 cm³/mol. The van der Waals surface area contributed by atoms with Crippen LogP contribution in [0.2, 0.25) is 0 Å². The number of hydrogen-bond donors (Lipinski definition) is 1. The highest BCUT2D eigenvalue weighted by Gasteiger charge is 2.43. The molecule has 3 aromatic rings. The molecule has 0 spiro atoms. The van der Waals surface area contributed by atoms with Crippen molar-refractivity contribution in [2.75, 3.05) is 19.1 Å². The van der Waals surface area contributed by atoms with Gasteiger partial charge in [-0.15, -0.1) is 0 Å². The number of aromatic nitrogens is 2. The molecule has 2 heterocycles. The second kappa shape index (κ2) is 10.9. The molecule has 1 aliphatic rings. The van der Waals surface area contributed by atoms with Crippen LogP contribution >= 0.6 is 0 Å². The number of methoxy groups -OCH3 is 2. The minimum atomic E-state index is -1.02. The van der Waals surface area contributed by atoms with Crippen LogP contribution in [0.1, 0.15) is 17.2 Å². The lowest BCUT2D eigenvalue weighted by Gasteiger charge is -2.35. The van der Waals surface area contributed by atoms with Gasteiger partial charge in [0.1, 0.15) is 18.1 Å². The first kappa shape index (κ1) is 26.0. The first-order valence-electron chi connectivity index (χ1n) is 11.4. The van der Waals surface area contributed by atoms with Gasteiger partial charge in [0.25, 0.3) is 0 Å². The van der Waals surface area contributed by atoms with Crippen LogP contribution in [0.5, 0.6) is 5.75 Å². The molecule has 1 unspecified atom stereocenters. The SMILES string of the molecule is COC(=O)C1=C(C(=O)OC)N(c2ccc(OCc3ccnn3C)c(F)c2)C(N)=C(C#N)C1c1ccccc1. The monoisotopic (exact) mass is 517 g/mol. The summed E-state index contributed by atoms with van der Waals surface area (Å²) in [5, 5.41) is 14.1. The highest BCUT2D eigenvalue weighted by Crippen LogP contribution is 2.43. The molecule has 0 saturated heterocycles. The normalized spacial score (nSPS) is 15.2. The number of anilines is 1. The number of aryl methyl sites for hydroxylation is 1. The average molecular weight is 518 g/mol. The van der Waals surface area contributed by atoms with Gasteiger partial charge >= 0.3 is 11.9 Å². The lowest BCUT2D eigenvalue weighted by Crippen LogP contribution is -2.40. The summed E-state index contributed by atoms with van der Waals surface area (Å²) in [6, 6.07) is 16.3. The second-order valence-electron chi connectivity index (χ2n) is 8.18. The van der Waals surface area contributed by atoms with Crippen molar-refractivity contribution in [1.29, 1.82) is 5.26 Å². The number of nitriles is 1. The fourth-order valence-electron chi connectivity index (χ4n) is 4.22. The molecule has 1 aromatic heterocycles. The quantitative estimate of drug-likeness (QED) is 0.470. The molecule has 0 radical (unpaired) electrons. The van der Waals surface area contributed by atoms with Crippen LogP contribution in [0.4, 0.5) is 10.1 Å². The van der Waals surface area contributed by atoms with E-state index in [1.807, 2.05) is 6.07 Å². The van der Waals surface area contributed by atoms with E-state index in [4.69, 9.17) is 19.9 Å². The average Bonchev–Trinajstić information content (AvgIpc) is 3.35. The molecule has 1 aliphatic heterocycles. The van der Waals surface area contributed by atoms with Crippen molar-refractivity contribution in [2.45, 2.75) is 12.5 Å². The van der Waals surface area contributed by atoms with Crippen LogP contribution in [0, 0.1) is 17.1 Å². The zero-order chi connectivity index (χ0) is 27.4. The summed E-state index contributed by atoms with van der Waals surface area (Å²) in [5.74, 6) is -3.81. The van der Waals surface area contributed by atoms with Crippen molar-refractivity contribution in [2.24, 2.45) is 12.8 Å². The Bertz CT molecular complexity index is 1490. The maximum Gasteiger partial charge on any atom is 0.355 e. The summed E-state index contributed by atoms with van der Waals surface area (Å²) in [4.78, 5) is 27.3. The Hall–Kier alpha value is -5.11. The number of nitrogens with two attached hydrogens (primary N) is 1. The van der Waals surface area contributed by atoms with Crippen molar-refractivity contribution in [1.82, 2.24) is 9.78 Å². The molecule has 4 rings (SSSR count). The third-order valence-electron chi connectivity index (χ3n) is 6.08. The van der Waals surface area contributed by atoms with E-state index >= 15 is 4.39 Å². The summed E-state index contributed by atoms with van der Waals surface area (Å²) in [7, 11) is 4.02. The molecule has 0 aliphatic carbocycles. The number of rotatable bonds is 7. The molecule has 0 fully saturated rings. The Morgan fingerprint density at radius 1 is 1.11 bits per heavy atom.